The summed E-state index contributed by atoms with van der Waals surface area (Å²) in [6.45, 7) is 4.61. The minimum absolute atomic E-state index is 0.111. The molecule has 1 fully saturated rings. The number of nitrogens with zero attached hydrogens (tertiary/aromatic N) is 2. The SMILES string of the molecule is COc1cc(C)c(CN2CCC[C@@H](c3ncccc3S(C)(=O)=O)C2)cc1OC. The van der Waals surface area contributed by atoms with Crippen molar-refractivity contribution in [2.45, 2.75) is 37.1 Å². The van der Waals surface area contributed by atoms with Crippen LogP contribution in [-0.2, 0) is 16.4 Å². The van der Waals surface area contributed by atoms with Gasteiger partial charge >= 0.3 is 0 Å². The van der Waals surface area contributed by atoms with E-state index in [1.165, 1.54) is 11.8 Å². The predicted octanol–water partition coefficient (Wildman–Crippen LogP) is 3.19. The highest BCUT2D eigenvalue weighted by Gasteiger charge is 2.27. The topological polar surface area (TPSA) is 68.7 Å². The molecule has 0 spiro atoms. The molecule has 0 aliphatic carbocycles. The van der Waals surface area contributed by atoms with Gasteiger partial charge in [0, 0.05) is 31.5 Å². The Morgan fingerprint density at radius 2 is 1.93 bits per heavy atom. The first-order valence-corrected chi connectivity index (χ1v) is 11.3. The molecule has 1 aromatic carbocycles. The lowest BCUT2D eigenvalue weighted by molar-refractivity contribution is 0.196. The fourth-order valence-electron chi connectivity index (χ4n) is 3.88. The summed E-state index contributed by atoms with van der Waals surface area (Å²) >= 11 is 0. The smallest absolute Gasteiger partial charge is 0.177 e. The number of benzene rings is 1. The van der Waals surface area contributed by atoms with Crippen LogP contribution in [0.25, 0.3) is 0 Å². The van der Waals surface area contributed by atoms with E-state index in [1.807, 2.05) is 12.1 Å². The quantitative estimate of drug-likeness (QED) is 0.737. The molecular weight excluding hydrogens is 376 g/mol. The second-order valence-electron chi connectivity index (χ2n) is 7.37. The molecule has 0 radical (unpaired) electrons. The highest BCUT2D eigenvalue weighted by molar-refractivity contribution is 7.90. The van der Waals surface area contributed by atoms with Crippen LogP contribution in [0.15, 0.2) is 35.4 Å². The number of methoxy groups -OCH3 is 2. The molecule has 0 amide bonds. The molecule has 3 rings (SSSR count). The summed E-state index contributed by atoms with van der Waals surface area (Å²) in [5.41, 5.74) is 3.02. The van der Waals surface area contributed by atoms with Crippen molar-refractivity contribution in [2.24, 2.45) is 0 Å². The highest BCUT2D eigenvalue weighted by Crippen LogP contribution is 2.33. The maximum Gasteiger partial charge on any atom is 0.177 e. The van der Waals surface area contributed by atoms with Gasteiger partial charge in [0.15, 0.2) is 21.3 Å². The van der Waals surface area contributed by atoms with Crippen molar-refractivity contribution in [3.05, 3.63) is 47.3 Å². The third kappa shape index (κ3) is 4.47. The summed E-state index contributed by atoms with van der Waals surface area (Å²) in [6.07, 6.45) is 4.89. The van der Waals surface area contributed by atoms with Crippen LogP contribution in [0.5, 0.6) is 11.5 Å². The molecule has 0 unspecified atom stereocenters. The summed E-state index contributed by atoms with van der Waals surface area (Å²) in [4.78, 5) is 7.15. The summed E-state index contributed by atoms with van der Waals surface area (Å²) in [5.74, 6) is 1.56. The molecule has 152 valence electrons. The Labute approximate surface area is 167 Å². The second-order valence-corrected chi connectivity index (χ2v) is 9.35. The maximum absolute atomic E-state index is 12.2. The molecule has 1 aromatic heterocycles. The number of rotatable bonds is 6. The number of sulfone groups is 1. The average Bonchev–Trinajstić information content (AvgIpc) is 2.68. The Kier molecular flexibility index (Phi) is 6.25. The van der Waals surface area contributed by atoms with Crippen molar-refractivity contribution in [1.29, 1.82) is 0 Å². The van der Waals surface area contributed by atoms with Gasteiger partial charge in [-0.05, 0) is 61.7 Å². The molecule has 7 heteroatoms. The third-order valence-corrected chi connectivity index (χ3v) is 6.47. The highest BCUT2D eigenvalue weighted by atomic mass is 32.2. The van der Waals surface area contributed by atoms with Crippen LogP contribution in [-0.4, -0.2) is 51.9 Å². The van der Waals surface area contributed by atoms with Gasteiger partial charge in [0.1, 0.15) is 0 Å². The number of aryl methyl sites for hydroxylation is 1. The van der Waals surface area contributed by atoms with Crippen molar-refractivity contribution in [3.63, 3.8) is 0 Å². The second kappa shape index (κ2) is 8.49. The molecule has 2 aromatic rings. The van der Waals surface area contributed by atoms with E-state index in [1.54, 1.807) is 32.5 Å². The van der Waals surface area contributed by atoms with E-state index in [2.05, 4.69) is 16.8 Å². The third-order valence-electron chi connectivity index (χ3n) is 5.33. The lowest BCUT2D eigenvalue weighted by Crippen LogP contribution is -2.35. The van der Waals surface area contributed by atoms with Crippen LogP contribution in [0, 0.1) is 6.92 Å². The van der Waals surface area contributed by atoms with Gasteiger partial charge in [-0.1, -0.05) is 0 Å². The minimum Gasteiger partial charge on any atom is -0.493 e. The van der Waals surface area contributed by atoms with Gasteiger partial charge in [0.2, 0.25) is 0 Å². The molecule has 1 aliphatic heterocycles. The number of likely N-dealkylation sites (tertiary alicyclic amines) is 1. The first kappa shape index (κ1) is 20.6. The summed E-state index contributed by atoms with van der Waals surface area (Å²) < 4.78 is 35.2. The lowest BCUT2D eigenvalue weighted by atomic mass is 9.93. The Morgan fingerprint density at radius 3 is 2.61 bits per heavy atom. The lowest BCUT2D eigenvalue weighted by Gasteiger charge is -2.33. The largest absolute Gasteiger partial charge is 0.493 e. The van der Waals surface area contributed by atoms with Crippen LogP contribution in [0.1, 0.15) is 35.6 Å². The fourth-order valence-corrected chi connectivity index (χ4v) is 4.80. The normalized spacial score (nSPS) is 18.1. The van der Waals surface area contributed by atoms with Crippen molar-refractivity contribution < 1.29 is 17.9 Å². The predicted molar refractivity (Wildman–Crippen MR) is 109 cm³/mol. The Bertz CT molecular complexity index is 943. The standard InChI is InChI=1S/C21H28N2O4S/c1-15-11-18(26-2)19(27-3)12-17(15)14-23-10-6-7-16(13-23)21-20(28(4,24)25)8-5-9-22-21/h5,8-9,11-12,16H,6-7,10,13-14H2,1-4H3/t16-/m1/s1. The van der Waals surface area contributed by atoms with Crippen LogP contribution in [0.2, 0.25) is 0 Å². The monoisotopic (exact) mass is 404 g/mol. The first-order chi connectivity index (χ1) is 13.3. The summed E-state index contributed by atoms with van der Waals surface area (Å²) in [7, 11) is -0.0162. The molecule has 0 bridgehead atoms. The molecule has 28 heavy (non-hydrogen) atoms. The summed E-state index contributed by atoms with van der Waals surface area (Å²) in [5, 5.41) is 0. The zero-order chi connectivity index (χ0) is 20.3. The van der Waals surface area contributed by atoms with Gasteiger partial charge in [-0.2, -0.15) is 0 Å². The number of ether oxygens (including phenoxy) is 2. The van der Waals surface area contributed by atoms with E-state index in [4.69, 9.17) is 9.47 Å². The number of pyridine rings is 1. The molecule has 1 atom stereocenters. The zero-order valence-corrected chi connectivity index (χ0v) is 17.8. The van der Waals surface area contributed by atoms with Gasteiger partial charge in [0.05, 0.1) is 24.8 Å². The van der Waals surface area contributed by atoms with Crippen LogP contribution >= 0.6 is 0 Å². The van der Waals surface area contributed by atoms with Gasteiger partial charge in [-0.3, -0.25) is 9.88 Å². The molecular formula is C21H28N2O4S. The van der Waals surface area contributed by atoms with Gasteiger partial charge < -0.3 is 9.47 Å². The van der Waals surface area contributed by atoms with Gasteiger partial charge in [0.25, 0.3) is 0 Å². The van der Waals surface area contributed by atoms with E-state index in [9.17, 15) is 8.42 Å². The van der Waals surface area contributed by atoms with E-state index >= 15 is 0 Å². The first-order valence-electron chi connectivity index (χ1n) is 9.42. The van der Waals surface area contributed by atoms with E-state index in [-0.39, 0.29) is 5.92 Å². The van der Waals surface area contributed by atoms with Crippen LogP contribution in [0.4, 0.5) is 0 Å². The van der Waals surface area contributed by atoms with Crippen molar-refractivity contribution >= 4 is 9.84 Å². The number of hydrogen-bond donors (Lipinski definition) is 0. The molecule has 0 saturated carbocycles. The number of aromatic nitrogens is 1. The minimum atomic E-state index is -3.29. The van der Waals surface area contributed by atoms with Crippen LogP contribution < -0.4 is 9.47 Å². The van der Waals surface area contributed by atoms with Crippen molar-refractivity contribution in [3.8, 4) is 11.5 Å². The van der Waals surface area contributed by atoms with E-state index in [0.717, 1.165) is 49.5 Å². The Balaban J connectivity index is 1.82. The van der Waals surface area contributed by atoms with Gasteiger partial charge in [-0.15, -0.1) is 0 Å². The molecule has 2 heterocycles. The Hall–Kier alpha value is -2.12. The zero-order valence-electron chi connectivity index (χ0n) is 16.9. The number of piperidine rings is 1. The van der Waals surface area contributed by atoms with Crippen LogP contribution in [0.3, 0.4) is 0 Å². The molecule has 0 N–H and O–H groups in total. The maximum atomic E-state index is 12.2. The van der Waals surface area contributed by atoms with Crippen molar-refractivity contribution in [1.82, 2.24) is 9.88 Å². The fraction of sp³-hybridized carbons (Fsp3) is 0.476. The average molecular weight is 405 g/mol. The van der Waals surface area contributed by atoms with E-state index in [0.29, 0.717) is 10.6 Å². The van der Waals surface area contributed by atoms with Crippen molar-refractivity contribution in [2.75, 3.05) is 33.6 Å². The molecule has 1 saturated heterocycles. The van der Waals surface area contributed by atoms with E-state index < -0.39 is 9.84 Å². The summed E-state index contributed by atoms with van der Waals surface area (Å²) in [6, 6.07) is 7.37. The van der Waals surface area contributed by atoms with Gasteiger partial charge in [-0.25, -0.2) is 8.42 Å². The number of hydrogen-bond acceptors (Lipinski definition) is 6. The molecule has 1 aliphatic rings. The molecule has 6 nitrogen and oxygen atoms in total. The Morgan fingerprint density at radius 1 is 1.21 bits per heavy atom.